The van der Waals surface area contributed by atoms with Crippen molar-refractivity contribution in [3.05, 3.63) is 41.5 Å². The van der Waals surface area contributed by atoms with E-state index in [0.29, 0.717) is 12.1 Å². The summed E-state index contributed by atoms with van der Waals surface area (Å²) in [7, 11) is 0. The van der Waals surface area contributed by atoms with Crippen molar-refractivity contribution in [3.63, 3.8) is 0 Å². The number of carbonyl (C=O) groups is 3. The second-order valence-electron chi connectivity index (χ2n) is 7.56. The number of hydrogen-bond acceptors (Lipinski definition) is 4. The summed E-state index contributed by atoms with van der Waals surface area (Å²) in [6.07, 6.45) is 7.44. The first-order chi connectivity index (χ1) is 14.3. The number of rotatable bonds is 8. The number of nitrogens with one attached hydrogen (secondary N) is 2. The number of alkyl halides is 2. The standard InChI is InChI=1S/C21H25F2N3O4/c1-21(15-7-9-16(10-8-15)30-19(22)23)18(28)26(20(29)25-21)13-17(27)24-12-11-14-5-3-2-4-6-14/h5,7-10,19H,2-4,6,11-13H2,1H3,(H,24,27)(H,25,29)/t21-/m0/s1. The van der Waals surface area contributed by atoms with Gasteiger partial charge in [0.1, 0.15) is 17.8 Å². The van der Waals surface area contributed by atoms with Crippen LogP contribution < -0.4 is 15.4 Å². The minimum Gasteiger partial charge on any atom is -0.435 e. The second-order valence-corrected chi connectivity index (χ2v) is 7.56. The van der Waals surface area contributed by atoms with Crippen LogP contribution in [0.4, 0.5) is 13.6 Å². The lowest BCUT2D eigenvalue weighted by molar-refractivity contribution is -0.134. The van der Waals surface area contributed by atoms with Gasteiger partial charge in [-0.3, -0.25) is 14.5 Å². The van der Waals surface area contributed by atoms with Crippen LogP contribution in [0.3, 0.4) is 0 Å². The van der Waals surface area contributed by atoms with Crippen LogP contribution in [0.2, 0.25) is 0 Å². The summed E-state index contributed by atoms with van der Waals surface area (Å²) in [6, 6.07) is 4.76. The third-order valence-electron chi connectivity index (χ3n) is 5.39. The quantitative estimate of drug-likeness (QED) is 0.499. The zero-order valence-electron chi connectivity index (χ0n) is 16.7. The first-order valence-corrected chi connectivity index (χ1v) is 9.93. The van der Waals surface area contributed by atoms with Gasteiger partial charge in [0.05, 0.1) is 0 Å². The molecule has 0 spiro atoms. The van der Waals surface area contributed by atoms with Crippen molar-refractivity contribution >= 4 is 17.8 Å². The van der Waals surface area contributed by atoms with E-state index in [2.05, 4.69) is 21.4 Å². The second kappa shape index (κ2) is 9.23. The molecular weight excluding hydrogens is 396 g/mol. The van der Waals surface area contributed by atoms with Crippen LogP contribution in [0.1, 0.15) is 44.6 Å². The van der Waals surface area contributed by atoms with E-state index in [1.807, 2.05) is 0 Å². The molecular formula is C21H25F2N3O4. The average molecular weight is 421 g/mol. The van der Waals surface area contributed by atoms with Crippen molar-refractivity contribution in [2.75, 3.05) is 13.1 Å². The van der Waals surface area contributed by atoms with Gasteiger partial charge in [0.25, 0.3) is 5.91 Å². The van der Waals surface area contributed by atoms with Gasteiger partial charge >= 0.3 is 12.6 Å². The number of allylic oxidation sites excluding steroid dienone is 1. The van der Waals surface area contributed by atoms with Crippen LogP contribution in [0.5, 0.6) is 5.75 Å². The molecule has 1 atom stereocenters. The summed E-state index contributed by atoms with van der Waals surface area (Å²) < 4.78 is 28.9. The van der Waals surface area contributed by atoms with Gasteiger partial charge in [-0.25, -0.2) is 4.79 Å². The minimum atomic E-state index is -2.96. The number of urea groups is 1. The van der Waals surface area contributed by atoms with Crippen LogP contribution in [0.25, 0.3) is 0 Å². The summed E-state index contributed by atoms with van der Waals surface area (Å²) in [4.78, 5) is 38.3. The Morgan fingerprint density at radius 3 is 2.63 bits per heavy atom. The Kier molecular flexibility index (Phi) is 6.69. The molecule has 1 saturated heterocycles. The van der Waals surface area contributed by atoms with E-state index < -0.39 is 30.0 Å². The van der Waals surface area contributed by atoms with E-state index in [-0.39, 0.29) is 12.3 Å². The fourth-order valence-electron chi connectivity index (χ4n) is 3.70. The Hall–Kier alpha value is -2.97. The molecule has 0 saturated carbocycles. The van der Waals surface area contributed by atoms with Gasteiger partial charge in [0.15, 0.2) is 0 Å². The molecule has 2 N–H and O–H groups in total. The number of amides is 4. The Labute approximate surface area is 173 Å². The lowest BCUT2D eigenvalue weighted by Gasteiger charge is -2.22. The molecule has 3 rings (SSSR count). The molecule has 162 valence electrons. The molecule has 0 radical (unpaired) electrons. The highest BCUT2D eigenvalue weighted by Gasteiger charge is 2.49. The lowest BCUT2D eigenvalue weighted by Crippen LogP contribution is -2.43. The molecule has 0 bridgehead atoms. The van der Waals surface area contributed by atoms with Crippen molar-refractivity contribution in [2.24, 2.45) is 0 Å². The summed E-state index contributed by atoms with van der Waals surface area (Å²) >= 11 is 0. The highest BCUT2D eigenvalue weighted by Crippen LogP contribution is 2.30. The van der Waals surface area contributed by atoms with E-state index in [4.69, 9.17) is 0 Å². The van der Waals surface area contributed by atoms with Crippen molar-refractivity contribution in [1.29, 1.82) is 0 Å². The van der Waals surface area contributed by atoms with Gasteiger partial charge in [-0.2, -0.15) is 8.78 Å². The fourth-order valence-corrected chi connectivity index (χ4v) is 3.70. The lowest BCUT2D eigenvalue weighted by atomic mass is 9.92. The number of nitrogens with zero attached hydrogens (tertiary/aromatic N) is 1. The van der Waals surface area contributed by atoms with Crippen LogP contribution >= 0.6 is 0 Å². The smallest absolute Gasteiger partial charge is 0.387 e. The van der Waals surface area contributed by atoms with Gasteiger partial charge in [-0.05, 0) is 56.7 Å². The normalized spacial score (nSPS) is 21.5. The number of carbonyl (C=O) groups excluding carboxylic acids is 3. The summed E-state index contributed by atoms with van der Waals surface area (Å²) in [5.41, 5.74) is 0.325. The van der Waals surface area contributed by atoms with Gasteiger partial charge in [-0.1, -0.05) is 23.8 Å². The zero-order valence-corrected chi connectivity index (χ0v) is 16.7. The highest BCUT2D eigenvalue weighted by atomic mass is 19.3. The van der Waals surface area contributed by atoms with E-state index in [9.17, 15) is 23.2 Å². The predicted molar refractivity (Wildman–Crippen MR) is 105 cm³/mol. The van der Waals surface area contributed by atoms with Crippen LogP contribution in [0.15, 0.2) is 35.9 Å². The fraction of sp³-hybridized carbons (Fsp3) is 0.476. The molecule has 1 aromatic rings. The highest BCUT2D eigenvalue weighted by molar-refractivity contribution is 6.09. The Morgan fingerprint density at radius 1 is 1.27 bits per heavy atom. The minimum absolute atomic E-state index is 0.0570. The number of imide groups is 1. The first kappa shape index (κ1) is 21.7. The molecule has 1 fully saturated rings. The molecule has 7 nitrogen and oxygen atoms in total. The van der Waals surface area contributed by atoms with Gasteiger partial charge in [-0.15, -0.1) is 0 Å². The van der Waals surface area contributed by atoms with Gasteiger partial charge < -0.3 is 15.4 Å². The Bertz CT molecular complexity index is 841. The number of halogens is 2. The third kappa shape index (κ3) is 4.95. The maximum Gasteiger partial charge on any atom is 0.387 e. The molecule has 2 aliphatic rings. The predicted octanol–water partition coefficient (Wildman–Crippen LogP) is 3.06. The topological polar surface area (TPSA) is 87.7 Å². The first-order valence-electron chi connectivity index (χ1n) is 9.93. The van der Waals surface area contributed by atoms with Crippen LogP contribution in [0, 0.1) is 0 Å². The summed E-state index contributed by atoms with van der Waals surface area (Å²) in [6.45, 7) is -1.38. The van der Waals surface area contributed by atoms with Crippen molar-refractivity contribution in [3.8, 4) is 5.75 Å². The molecule has 9 heteroatoms. The molecule has 1 aliphatic heterocycles. The van der Waals surface area contributed by atoms with E-state index in [0.717, 1.165) is 30.6 Å². The van der Waals surface area contributed by atoms with E-state index in [1.165, 1.54) is 43.2 Å². The van der Waals surface area contributed by atoms with Crippen molar-refractivity contribution in [1.82, 2.24) is 15.5 Å². The monoisotopic (exact) mass is 421 g/mol. The van der Waals surface area contributed by atoms with Crippen molar-refractivity contribution < 1.29 is 27.9 Å². The summed E-state index contributed by atoms with van der Waals surface area (Å²) in [5, 5.41) is 5.33. The number of benzene rings is 1. The van der Waals surface area contributed by atoms with Gasteiger partial charge in [0, 0.05) is 6.54 Å². The largest absolute Gasteiger partial charge is 0.435 e. The molecule has 0 unspecified atom stereocenters. The third-order valence-corrected chi connectivity index (χ3v) is 5.39. The SMILES string of the molecule is C[C@@]1(c2ccc(OC(F)F)cc2)NC(=O)N(CC(=O)NCCC2=CCCCC2)C1=O. The molecule has 0 aromatic heterocycles. The number of hydrogen-bond donors (Lipinski definition) is 2. The average Bonchev–Trinajstić information content (AvgIpc) is 2.93. The van der Waals surface area contributed by atoms with E-state index in [1.54, 1.807) is 0 Å². The Balaban J connectivity index is 1.58. The van der Waals surface area contributed by atoms with Gasteiger partial charge in [0.2, 0.25) is 5.91 Å². The molecule has 1 heterocycles. The maximum atomic E-state index is 12.9. The zero-order chi connectivity index (χ0) is 21.7. The number of ether oxygens (including phenoxy) is 1. The maximum absolute atomic E-state index is 12.9. The molecule has 1 aromatic carbocycles. The molecule has 4 amide bonds. The molecule has 1 aliphatic carbocycles. The summed E-state index contributed by atoms with van der Waals surface area (Å²) in [5.74, 6) is -1.06. The van der Waals surface area contributed by atoms with Crippen LogP contribution in [-0.4, -0.2) is 42.4 Å². The van der Waals surface area contributed by atoms with Crippen molar-refractivity contribution in [2.45, 2.75) is 51.2 Å². The van der Waals surface area contributed by atoms with Crippen LogP contribution in [-0.2, 0) is 15.1 Å². The molecule has 30 heavy (non-hydrogen) atoms. The Morgan fingerprint density at radius 2 is 2.00 bits per heavy atom. The van der Waals surface area contributed by atoms with E-state index >= 15 is 0 Å².